The molecule has 0 bridgehead atoms. The molecule has 0 saturated heterocycles. The SMILES string of the molecule is CC(C)CNCc1ccc(S(=O)(=O)NC2CCCC2C)o1. The second-order valence-electron chi connectivity index (χ2n) is 6.38. The highest BCUT2D eigenvalue weighted by Gasteiger charge is 2.29. The second-order valence-corrected chi connectivity index (χ2v) is 8.03. The average molecular weight is 314 g/mol. The normalized spacial score (nSPS) is 23.0. The summed E-state index contributed by atoms with van der Waals surface area (Å²) in [5, 5.41) is 3.25. The number of rotatable bonds is 7. The number of nitrogens with one attached hydrogen (secondary N) is 2. The molecule has 6 heteroatoms. The predicted octanol–water partition coefficient (Wildman–Crippen LogP) is 2.49. The molecule has 2 rings (SSSR count). The first-order chi connectivity index (χ1) is 9.88. The van der Waals surface area contributed by atoms with Gasteiger partial charge in [-0.25, -0.2) is 13.1 Å². The van der Waals surface area contributed by atoms with Gasteiger partial charge in [0.15, 0.2) is 0 Å². The van der Waals surface area contributed by atoms with Gasteiger partial charge in [0.25, 0.3) is 10.0 Å². The Hall–Kier alpha value is -0.850. The van der Waals surface area contributed by atoms with Crippen LogP contribution in [0.5, 0.6) is 0 Å². The van der Waals surface area contributed by atoms with Crippen molar-refractivity contribution < 1.29 is 12.8 Å². The third-order valence-electron chi connectivity index (χ3n) is 3.92. The van der Waals surface area contributed by atoms with Crippen molar-refractivity contribution in [3.63, 3.8) is 0 Å². The Bertz CT molecular complexity index is 551. The fourth-order valence-corrected chi connectivity index (χ4v) is 3.99. The van der Waals surface area contributed by atoms with Gasteiger partial charge < -0.3 is 9.73 Å². The van der Waals surface area contributed by atoms with Gasteiger partial charge in [-0.15, -0.1) is 0 Å². The van der Waals surface area contributed by atoms with Crippen molar-refractivity contribution >= 4 is 10.0 Å². The van der Waals surface area contributed by atoms with Gasteiger partial charge in [-0.05, 0) is 43.4 Å². The Morgan fingerprint density at radius 2 is 2.10 bits per heavy atom. The zero-order valence-corrected chi connectivity index (χ0v) is 13.9. The summed E-state index contributed by atoms with van der Waals surface area (Å²) in [5.74, 6) is 1.59. The summed E-state index contributed by atoms with van der Waals surface area (Å²) in [6, 6.07) is 3.29. The third-order valence-corrected chi connectivity index (χ3v) is 5.28. The molecule has 0 aromatic carbocycles. The molecule has 0 radical (unpaired) electrons. The molecule has 2 atom stereocenters. The van der Waals surface area contributed by atoms with E-state index in [1.807, 2.05) is 0 Å². The van der Waals surface area contributed by atoms with Crippen molar-refractivity contribution in [1.29, 1.82) is 0 Å². The van der Waals surface area contributed by atoms with E-state index in [0.29, 0.717) is 24.1 Å². The molecule has 2 unspecified atom stereocenters. The highest BCUT2D eigenvalue weighted by molar-refractivity contribution is 7.89. The zero-order chi connectivity index (χ0) is 15.5. The van der Waals surface area contributed by atoms with E-state index in [4.69, 9.17) is 4.42 Å². The molecular formula is C15H26N2O3S. The highest BCUT2D eigenvalue weighted by atomic mass is 32.2. The van der Waals surface area contributed by atoms with Crippen LogP contribution in [0.2, 0.25) is 0 Å². The first kappa shape index (κ1) is 16.5. The number of hydrogen-bond acceptors (Lipinski definition) is 4. The predicted molar refractivity (Wildman–Crippen MR) is 82.4 cm³/mol. The molecule has 0 amide bonds. The summed E-state index contributed by atoms with van der Waals surface area (Å²) in [4.78, 5) is 0. The zero-order valence-electron chi connectivity index (χ0n) is 13.1. The lowest BCUT2D eigenvalue weighted by atomic mass is 10.1. The summed E-state index contributed by atoms with van der Waals surface area (Å²) in [6.45, 7) is 7.76. The van der Waals surface area contributed by atoms with Crippen LogP contribution < -0.4 is 10.0 Å². The van der Waals surface area contributed by atoms with E-state index in [1.165, 1.54) is 6.07 Å². The van der Waals surface area contributed by atoms with Crippen LogP contribution in [0.1, 0.15) is 45.8 Å². The van der Waals surface area contributed by atoms with Gasteiger partial charge in [-0.3, -0.25) is 0 Å². The number of hydrogen-bond donors (Lipinski definition) is 2. The number of furan rings is 1. The number of sulfonamides is 1. The van der Waals surface area contributed by atoms with Gasteiger partial charge in [0.1, 0.15) is 5.76 Å². The fraction of sp³-hybridized carbons (Fsp3) is 0.733. The lowest BCUT2D eigenvalue weighted by Gasteiger charge is -2.16. The minimum Gasteiger partial charge on any atom is -0.447 e. The third kappa shape index (κ3) is 4.56. The Kier molecular flexibility index (Phi) is 5.46. The summed E-state index contributed by atoms with van der Waals surface area (Å²) >= 11 is 0. The van der Waals surface area contributed by atoms with Gasteiger partial charge in [0.05, 0.1) is 6.54 Å². The second kappa shape index (κ2) is 6.94. The van der Waals surface area contributed by atoms with Crippen molar-refractivity contribution in [2.24, 2.45) is 11.8 Å². The summed E-state index contributed by atoms with van der Waals surface area (Å²) in [5.41, 5.74) is 0. The van der Waals surface area contributed by atoms with Crippen LogP contribution in [0, 0.1) is 11.8 Å². The molecule has 0 aliphatic heterocycles. The quantitative estimate of drug-likeness (QED) is 0.811. The van der Waals surface area contributed by atoms with Gasteiger partial charge in [-0.2, -0.15) is 0 Å². The van der Waals surface area contributed by atoms with Crippen LogP contribution in [-0.2, 0) is 16.6 Å². The fourth-order valence-electron chi connectivity index (χ4n) is 2.66. The molecule has 2 N–H and O–H groups in total. The van der Waals surface area contributed by atoms with E-state index in [0.717, 1.165) is 25.8 Å². The first-order valence-electron chi connectivity index (χ1n) is 7.70. The van der Waals surface area contributed by atoms with E-state index in [9.17, 15) is 8.42 Å². The van der Waals surface area contributed by atoms with Crippen LogP contribution >= 0.6 is 0 Å². The van der Waals surface area contributed by atoms with Crippen molar-refractivity contribution in [3.8, 4) is 0 Å². The molecular weight excluding hydrogens is 288 g/mol. The van der Waals surface area contributed by atoms with Gasteiger partial charge in [0.2, 0.25) is 5.09 Å². The maximum absolute atomic E-state index is 12.3. The maximum Gasteiger partial charge on any atom is 0.274 e. The smallest absolute Gasteiger partial charge is 0.274 e. The molecule has 0 spiro atoms. The molecule has 120 valence electrons. The van der Waals surface area contributed by atoms with Crippen LogP contribution in [0.4, 0.5) is 0 Å². The Morgan fingerprint density at radius 1 is 1.33 bits per heavy atom. The monoisotopic (exact) mass is 314 g/mol. The Morgan fingerprint density at radius 3 is 2.71 bits per heavy atom. The Balaban J connectivity index is 1.95. The molecule has 5 nitrogen and oxygen atoms in total. The standard InChI is InChI=1S/C15H26N2O3S/c1-11(2)9-16-10-13-7-8-15(20-13)21(18,19)17-14-6-4-5-12(14)3/h7-8,11-12,14,16-17H,4-6,9-10H2,1-3H3. The lowest BCUT2D eigenvalue weighted by Crippen LogP contribution is -2.36. The van der Waals surface area contributed by atoms with E-state index in [1.54, 1.807) is 6.07 Å². The Labute approximate surface area is 127 Å². The summed E-state index contributed by atoms with van der Waals surface area (Å²) < 4.78 is 32.8. The van der Waals surface area contributed by atoms with Gasteiger partial charge >= 0.3 is 0 Å². The maximum atomic E-state index is 12.3. The minimum absolute atomic E-state index is 0.0166. The summed E-state index contributed by atoms with van der Waals surface area (Å²) in [6.07, 6.45) is 3.07. The molecule has 1 aliphatic carbocycles. The van der Waals surface area contributed by atoms with Crippen LogP contribution in [0.3, 0.4) is 0 Å². The largest absolute Gasteiger partial charge is 0.447 e. The molecule has 1 aliphatic rings. The van der Waals surface area contributed by atoms with Crippen LogP contribution in [0.25, 0.3) is 0 Å². The molecule has 1 saturated carbocycles. The van der Waals surface area contributed by atoms with Crippen LogP contribution in [-0.4, -0.2) is 21.0 Å². The van der Waals surface area contributed by atoms with E-state index in [2.05, 4.69) is 30.8 Å². The summed E-state index contributed by atoms with van der Waals surface area (Å²) in [7, 11) is -3.54. The van der Waals surface area contributed by atoms with Crippen molar-refractivity contribution in [2.45, 2.75) is 57.7 Å². The van der Waals surface area contributed by atoms with Crippen molar-refractivity contribution in [1.82, 2.24) is 10.0 Å². The molecule has 1 aromatic heterocycles. The van der Waals surface area contributed by atoms with Gasteiger partial charge in [0, 0.05) is 6.04 Å². The van der Waals surface area contributed by atoms with E-state index in [-0.39, 0.29) is 11.1 Å². The topological polar surface area (TPSA) is 71.3 Å². The molecule has 1 fully saturated rings. The van der Waals surface area contributed by atoms with E-state index < -0.39 is 10.0 Å². The average Bonchev–Trinajstić information content (AvgIpc) is 2.99. The van der Waals surface area contributed by atoms with E-state index >= 15 is 0 Å². The molecule has 21 heavy (non-hydrogen) atoms. The molecule has 1 heterocycles. The van der Waals surface area contributed by atoms with Crippen molar-refractivity contribution in [2.75, 3.05) is 6.54 Å². The first-order valence-corrected chi connectivity index (χ1v) is 9.18. The van der Waals surface area contributed by atoms with Crippen LogP contribution in [0.15, 0.2) is 21.6 Å². The molecule has 1 aromatic rings. The van der Waals surface area contributed by atoms with Gasteiger partial charge in [-0.1, -0.05) is 27.2 Å². The lowest BCUT2D eigenvalue weighted by molar-refractivity contribution is 0.389. The minimum atomic E-state index is -3.54. The highest BCUT2D eigenvalue weighted by Crippen LogP contribution is 2.26. The van der Waals surface area contributed by atoms with Crippen molar-refractivity contribution in [3.05, 3.63) is 17.9 Å².